The van der Waals surface area contributed by atoms with Crippen molar-refractivity contribution in [2.45, 2.75) is 13.8 Å². The van der Waals surface area contributed by atoms with E-state index in [9.17, 15) is 4.79 Å². The number of nitrogens with one attached hydrogen (secondary N) is 1. The van der Waals surface area contributed by atoms with Crippen LogP contribution in [0.2, 0.25) is 0 Å². The van der Waals surface area contributed by atoms with E-state index in [1.807, 2.05) is 32.0 Å². The number of aryl methyl sites for hydroxylation is 1. The molecule has 0 aliphatic carbocycles. The van der Waals surface area contributed by atoms with Crippen LogP contribution >= 0.6 is 0 Å². The topological polar surface area (TPSA) is 68.0 Å². The maximum absolute atomic E-state index is 11.9. The van der Waals surface area contributed by atoms with Gasteiger partial charge in [-0.05, 0) is 25.5 Å². The highest BCUT2D eigenvalue weighted by Gasteiger charge is 2.13. The molecule has 0 unspecified atom stereocenters. The number of nitrogens with two attached hydrogens (primary N) is 1. The number of fused-ring (bicyclic) bond motifs is 1. The van der Waals surface area contributed by atoms with Crippen molar-refractivity contribution >= 4 is 22.4 Å². The molecule has 17 heavy (non-hydrogen) atoms. The Hall–Kier alpha value is -2.10. The van der Waals surface area contributed by atoms with Crippen LogP contribution in [0.4, 0.5) is 5.69 Å². The van der Waals surface area contributed by atoms with Crippen molar-refractivity contribution in [3.05, 3.63) is 35.7 Å². The minimum absolute atomic E-state index is 0.164. The maximum atomic E-state index is 11.9. The molecule has 2 aromatic rings. The number of aromatic nitrogens is 1. The zero-order valence-corrected chi connectivity index (χ0v) is 9.95. The van der Waals surface area contributed by atoms with Gasteiger partial charge in [0.15, 0.2) is 0 Å². The van der Waals surface area contributed by atoms with Crippen molar-refractivity contribution in [1.29, 1.82) is 0 Å². The average molecular weight is 229 g/mol. The Kier molecular flexibility index (Phi) is 2.95. The zero-order chi connectivity index (χ0) is 12.4. The van der Waals surface area contributed by atoms with Crippen molar-refractivity contribution in [3.8, 4) is 0 Å². The highest BCUT2D eigenvalue weighted by molar-refractivity contribution is 6.08. The highest BCUT2D eigenvalue weighted by atomic mass is 16.1. The van der Waals surface area contributed by atoms with E-state index in [0.717, 1.165) is 16.3 Å². The van der Waals surface area contributed by atoms with E-state index in [1.165, 1.54) is 0 Å². The maximum Gasteiger partial charge on any atom is 0.270 e. The van der Waals surface area contributed by atoms with Gasteiger partial charge in [-0.2, -0.15) is 0 Å². The number of anilines is 1. The molecule has 1 aromatic heterocycles. The lowest BCUT2D eigenvalue weighted by Gasteiger charge is -2.09. The van der Waals surface area contributed by atoms with Crippen LogP contribution in [0.1, 0.15) is 23.0 Å². The van der Waals surface area contributed by atoms with Gasteiger partial charge in [0.2, 0.25) is 0 Å². The lowest BCUT2D eigenvalue weighted by Crippen LogP contribution is -2.24. The molecule has 1 amide bonds. The van der Waals surface area contributed by atoms with E-state index in [0.29, 0.717) is 17.9 Å². The Balaban J connectivity index is 2.71. The third-order valence-electron chi connectivity index (χ3n) is 2.69. The fraction of sp³-hybridized carbons (Fsp3) is 0.231. The van der Waals surface area contributed by atoms with Crippen molar-refractivity contribution < 1.29 is 4.79 Å². The molecular formula is C13H15N3O. The fourth-order valence-electron chi connectivity index (χ4n) is 1.93. The molecule has 0 aliphatic heterocycles. The Bertz CT molecular complexity index is 570. The summed E-state index contributed by atoms with van der Waals surface area (Å²) in [5.41, 5.74) is 8.02. The second-order valence-electron chi connectivity index (χ2n) is 3.92. The van der Waals surface area contributed by atoms with E-state index in [-0.39, 0.29) is 5.91 Å². The number of amides is 1. The largest absolute Gasteiger partial charge is 0.398 e. The molecule has 0 fully saturated rings. The minimum atomic E-state index is -0.164. The first-order valence-electron chi connectivity index (χ1n) is 5.57. The second kappa shape index (κ2) is 4.41. The molecule has 88 valence electrons. The SMILES string of the molecule is CCNC(=O)c1ncc(C)c2c(N)cccc12. The summed E-state index contributed by atoms with van der Waals surface area (Å²) in [6.45, 7) is 4.40. The molecule has 0 radical (unpaired) electrons. The van der Waals surface area contributed by atoms with Gasteiger partial charge in [0.25, 0.3) is 5.91 Å². The molecular weight excluding hydrogens is 214 g/mol. The van der Waals surface area contributed by atoms with Crippen LogP contribution in [0.3, 0.4) is 0 Å². The molecule has 1 heterocycles. The van der Waals surface area contributed by atoms with E-state index in [2.05, 4.69) is 10.3 Å². The molecule has 0 saturated heterocycles. The summed E-state index contributed by atoms with van der Waals surface area (Å²) < 4.78 is 0. The monoisotopic (exact) mass is 229 g/mol. The van der Waals surface area contributed by atoms with E-state index in [1.54, 1.807) is 6.20 Å². The Morgan fingerprint density at radius 1 is 1.47 bits per heavy atom. The van der Waals surface area contributed by atoms with Crippen molar-refractivity contribution in [2.75, 3.05) is 12.3 Å². The molecule has 0 atom stereocenters. The number of rotatable bonds is 2. The normalized spacial score (nSPS) is 10.5. The van der Waals surface area contributed by atoms with E-state index in [4.69, 9.17) is 5.73 Å². The number of benzene rings is 1. The molecule has 0 saturated carbocycles. The van der Waals surface area contributed by atoms with E-state index >= 15 is 0 Å². The van der Waals surface area contributed by atoms with Crippen LogP contribution in [-0.4, -0.2) is 17.4 Å². The van der Waals surface area contributed by atoms with Gasteiger partial charge in [-0.1, -0.05) is 12.1 Å². The van der Waals surface area contributed by atoms with Gasteiger partial charge in [-0.3, -0.25) is 9.78 Å². The van der Waals surface area contributed by atoms with Crippen LogP contribution in [0, 0.1) is 6.92 Å². The van der Waals surface area contributed by atoms with Crippen molar-refractivity contribution in [1.82, 2.24) is 10.3 Å². The predicted molar refractivity (Wildman–Crippen MR) is 68.9 cm³/mol. The number of carbonyl (C=O) groups is 1. The molecule has 4 nitrogen and oxygen atoms in total. The standard InChI is InChI=1S/C13H15N3O/c1-3-15-13(17)12-9-5-4-6-10(14)11(9)8(2)7-16-12/h4-7H,3,14H2,1-2H3,(H,15,17). The third-order valence-corrected chi connectivity index (χ3v) is 2.69. The first-order valence-corrected chi connectivity index (χ1v) is 5.57. The van der Waals surface area contributed by atoms with Gasteiger partial charge in [0, 0.05) is 29.2 Å². The lowest BCUT2D eigenvalue weighted by atomic mass is 10.0. The van der Waals surface area contributed by atoms with Crippen LogP contribution in [0.5, 0.6) is 0 Å². The quantitative estimate of drug-likeness (QED) is 0.772. The number of hydrogen-bond acceptors (Lipinski definition) is 3. The third kappa shape index (κ3) is 1.93. The average Bonchev–Trinajstić information content (AvgIpc) is 2.29. The summed E-state index contributed by atoms with van der Waals surface area (Å²) in [6, 6.07) is 5.54. The fourth-order valence-corrected chi connectivity index (χ4v) is 1.93. The Labute approximate surface area is 99.8 Å². The summed E-state index contributed by atoms with van der Waals surface area (Å²) in [5.74, 6) is -0.164. The Morgan fingerprint density at radius 2 is 2.24 bits per heavy atom. The number of nitrogens with zero attached hydrogens (tertiary/aromatic N) is 1. The van der Waals surface area contributed by atoms with Crippen LogP contribution < -0.4 is 11.1 Å². The Morgan fingerprint density at radius 3 is 2.94 bits per heavy atom. The molecule has 1 aromatic carbocycles. The first-order chi connectivity index (χ1) is 8.15. The van der Waals surface area contributed by atoms with Crippen LogP contribution in [0.15, 0.2) is 24.4 Å². The summed E-state index contributed by atoms with van der Waals surface area (Å²) >= 11 is 0. The van der Waals surface area contributed by atoms with Crippen LogP contribution in [0.25, 0.3) is 10.8 Å². The molecule has 0 bridgehead atoms. The summed E-state index contributed by atoms with van der Waals surface area (Å²) in [7, 11) is 0. The van der Waals surface area contributed by atoms with Gasteiger partial charge < -0.3 is 11.1 Å². The van der Waals surface area contributed by atoms with Crippen LogP contribution in [-0.2, 0) is 0 Å². The zero-order valence-electron chi connectivity index (χ0n) is 9.95. The summed E-state index contributed by atoms with van der Waals surface area (Å²) in [6.07, 6.45) is 1.68. The smallest absolute Gasteiger partial charge is 0.270 e. The van der Waals surface area contributed by atoms with Gasteiger partial charge in [0.05, 0.1) is 0 Å². The number of pyridine rings is 1. The van der Waals surface area contributed by atoms with Gasteiger partial charge in [-0.15, -0.1) is 0 Å². The molecule has 0 aliphatic rings. The minimum Gasteiger partial charge on any atom is -0.398 e. The first kappa shape index (κ1) is 11.4. The molecule has 0 spiro atoms. The second-order valence-corrected chi connectivity index (χ2v) is 3.92. The highest BCUT2D eigenvalue weighted by Crippen LogP contribution is 2.25. The number of hydrogen-bond donors (Lipinski definition) is 2. The predicted octanol–water partition coefficient (Wildman–Crippen LogP) is 1.88. The number of nitrogen functional groups attached to an aromatic ring is 1. The molecule has 2 rings (SSSR count). The van der Waals surface area contributed by atoms with Gasteiger partial charge >= 0.3 is 0 Å². The lowest BCUT2D eigenvalue weighted by molar-refractivity contribution is 0.0952. The molecule has 3 N–H and O–H groups in total. The van der Waals surface area contributed by atoms with Gasteiger partial charge in [-0.25, -0.2) is 0 Å². The summed E-state index contributed by atoms with van der Waals surface area (Å²) in [4.78, 5) is 16.1. The van der Waals surface area contributed by atoms with E-state index < -0.39 is 0 Å². The van der Waals surface area contributed by atoms with Crippen molar-refractivity contribution in [3.63, 3.8) is 0 Å². The van der Waals surface area contributed by atoms with Gasteiger partial charge in [0.1, 0.15) is 5.69 Å². The summed E-state index contributed by atoms with van der Waals surface area (Å²) in [5, 5.41) is 4.46. The van der Waals surface area contributed by atoms with Crippen molar-refractivity contribution in [2.24, 2.45) is 0 Å². The molecule has 4 heteroatoms. The number of carbonyl (C=O) groups excluding carboxylic acids is 1.